The lowest BCUT2D eigenvalue weighted by molar-refractivity contribution is -0.140. The Balaban J connectivity index is 1.20. The number of rotatable bonds is 8. The topological polar surface area (TPSA) is 26.3 Å². The summed E-state index contributed by atoms with van der Waals surface area (Å²) in [6.07, 6.45) is 18.7. The number of unbranched alkanes of at least 4 members (excludes halogenated alkanes) is 3. The van der Waals surface area contributed by atoms with Crippen LogP contribution in [0, 0.1) is 53.0 Å². The molecular formula is C29H41F3O2. The summed E-state index contributed by atoms with van der Waals surface area (Å²) in [5.41, 5.74) is 0. The smallest absolute Gasteiger partial charge is 0.314 e. The van der Waals surface area contributed by atoms with Crippen molar-refractivity contribution in [3.63, 3.8) is 0 Å². The first-order valence-corrected chi connectivity index (χ1v) is 13.8. The number of hydrogen-bond donors (Lipinski definition) is 0. The van der Waals surface area contributed by atoms with Gasteiger partial charge in [-0.25, -0.2) is 8.78 Å². The molecule has 3 saturated carbocycles. The van der Waals surface area contributed by atoms with Gasteiger partial charge in [-0.3, -0.25) is 4.79 Å². The van der Waals surface area contributed by atoms with E-state index >= 15 is 0 Å². The van der Waals surface area contributed by atoms with E-state index < -0.39 is 29.2 Å². The second kappa shape index (κ2) is 11.9. The van der Waals surface area contributed by atoms with E-state index in [-0.39, 0.29) is 5.92 Å². The number of fused-ring (bicyclic) bond motifs is 1. The van der Waals surface area contributed by atoms with Crippen molar-refractivity contribution < 1.29 is 22.7 Å². The average Bonchev–Trinajstić information content (AvgIpc) is 2.86. The highest BCUT2D eigenvalue weighted by Gasteiger charge is 2.39. The largest absolute Gasteiger partial charge is 0.423 e. The van der Waals surface area contributed by atoms with Crippen molar-refractivity contribution in [3.05, 3.63) is 29.6 Å². The molecule has 4 unspecified atom stereocenters. The standard InChI is InChI=1S/C29H41F3O2/c1-2-3-4-5-6-19-7-8-24-18-23(14-13-22(24)17-19)20-9-11-21(12-10-20)29(33)34-26-16-15-25(30)27(31)28(26)32/h15-16,19-24H,2-14,17-18H2,1H3. The van der Waals surface area contributed by atoms with Crippen LogP contribution in [0.25, 0.3) is 0 Å². The first-order chi connectivity index (χ1) is 16.5. The Kier molecular flexibility index (Phi) is 8.98. The van der Waals surface area contributed by atoms with Crippen LogP contribution in [0.3, 0.4) is 0 Å². The van der Waals surface area contributed by atoms with Gasteiger partial charge in [0.15, 0.2) is 17.4 Å². The van der Waals surface area contributed by atoms with Crippen molar-refractivity contribution in [2.75, 3.05) is 0 Å². The predicted octanol–water partition coefficient (Wildman–Crippen LogP) is 8.62. The minimum atomic E-state index is -1.60. The molecule has 190 valence electrons. The third-order valence-corrected chi connectivity index (χ3v) is 9.21. The van der Waals surface area contributed by atoms with Crippen LogP contribution in [0.15, 0.2) is 12.1 Å². The molecule has 0 aromatic heterocycles. The van der Waals surface area contributed by atoms with E-state index in [1.54, 1.807) is 0 Å². The molecule has 3 aliphatic carbocycles. The van der Waals surface area contributed by atoms with Crippen LogP contribution in [0.2, 0.25) is 0 Å². The molecule has 2 nitrogen and oxygen atoms in total. The molecule has 4 atom stereocenters. The van der Waals surface area contributed by atoms with E-state index in [0.717, 1.165) is 61.5 Å². The number of halogens is 3. The molecule has 0 N–H and O–H groups in total. The van der Waals surface area contributed by atoms with Gasteiger partial charge in [0.05, 0.1) is 5.92 Å². The molecule has 34 heavy (non-hydrogen) atoms. The van der Waals surface area contributed by atoms with E-state index in [0.29, 0.717) is 5.92 Å². The lowest BCUT2D eigenvalue weighted by Gasteiger charge is -2.45. The highest BCUT2D eigenvalue weighted by atomic mass is 19.2. The predicted molar refractivity (Wildman–Crippen MR) is 128 cm³/mol. The normalized spacial score (nSPS) is 31.6. The van der Waals surface area contributed by atoms with Crippen LogP contribution in [0.4, 0.5) is 13.2 Å². The van der Waals surface area contributed by atoms with E-state index in [1.165, 1.54) is 70.6 Å². The molecule has 0 bridgehead atoms. The van der Waals surface area contributed by atoms with Crippen molar-refractivity contribution in [2.24, 2.45) is 35.5 Å². The van der Waals surface area contributed by atoms with Gasteiger partial charge in [-0.15, -0.1) is 0 Å². The molecule has 5 heteroatoms. The zero-order valence-electron chi connectivity index (χ0n) is 20.7. The maximum absolute atomic E-state index is 13.9. The van der Waals surface area contributed by atoms with E-state index in [1.807, 2.05) is 0 Å². The summed E-state index contributed by atoms with van der Waals surface area (Å²) in [6.45, 7) is 2.28. The van der Waals surface area contributed by atoms with Gasteiger partial charge in [0.25, 0.3) is 0 Å². The number of hydrogen-bond acceptors (Lipinski definition) is 2. The number of carbonyl (C=O) groups excluding carboxylic acids is 1. The molecule has 3 fully saturated rings. The van der Waals surface area contributed by atoms with Gasteiger partial charge in [0.1, 0.15) is 0 Å². The molecule has 0 radical (unpaired) electrons. The van der Waals surface area contributed by atoms with Gasteiger partial charge in [-0.2, -0.15) is 4.39 Å². The fraction of sp³-hybridized carbons (Fsp3) is 0.759. The summed E-state index contributed by atoms with van der Waals surface area (Å²) in [5, 5.41) is 0. The molecule has 3 aliphatic rings. The van der Waals surface area contributed by atoms with Crippen LogP contribution in [-0.2, 0) is 4.79 Å². The molecule has 1 aromatic rings. The zero-order chi connectivity index (χ0) is 24.1. The second-order valence-electron chi connectivity index (χ2n) is 11.3. The number of esters is 1. The van der Waals surface area contributed by atoms with Gasteiger partial charge in [-0.1, -0.05) is 45.4 Å². The SMILES string of the molecule is CCCCCCC1CCC2CC(C3CCC(C(=O)Oc4ccc(F)c(F)c4F)CC3)CCC2C1. The van der Waals surface area contributed by atoms with Crippen molar-refractivity contribution >= 4 is 5.97 Å². The van der Waals surface area contributed by atoms with Crippen molar-refractivity contribution in [1.82, 2.24) is 0 Å². The van der Waals surface area contributed by atoms with E-state index in [4.69, 9.17) is 4.74 Å². The van der Waals surface area contributed by atoms with Gasteiger partial charge in [-0.05, 0) is 99.5 Å². The number of benzene rings is 1. The Labute approximate surface area is 203 Å². The summed E-state index contributed by atoms with van der Waals surface area (Å²) in [4.78, 5) is 12.5. The molecule has 1 aromatic carbocycles. The van der Waals surface area contributed by atoms with Crippen molar-refractivity contribution in [2.45, 2.75) is 103 Å². The highest BCUT2D eigenvalue weighted by Crippen LogP contribution is 2.49. The molecule has 0 heterocycles. The monoisotopic (exact) mass is 478 g/mol. The Morgan fingerprint density at radius 3 is 2.18 bits per heavy atom. The van der Waals surface area contributed by atoms with Gasteiger partial charge in [0.2, 0.25) is 5.82 Å². The summed E-state index contributed by atoms with van der Waals surface area (Å²) < 4.78 is 45.5. The summed E-state index contributed by atoms with van der Waals surface area (Å²) in [5.74, 6) is -1.45. The molecule has 0 saturated heterocycles. The first kappa shape index (κ1) is 25.6. The Hall–Kier alpha value is -1.52. The third kappa shape index (κ3) is 6.18. The van der Waals surface area contributed by atoms with E-state index in [2.05, 4.69) is 6.92 Å². The lowest BCUT2D eigenvalue weighted by Crippen LogP contribution is -2.35. The van der Waals surface area contributed by atoms with Crippen LogP contribution >= 0.6 is 0 Å². The highest BCUT2D eigenvalue weighted by molar-refractivity contribution is 5.75. The van der Waals surface area contributed by atoms with E-state index in [9.17, 15) is 18.0 Å². The van der Waals surface area contributed by atoms with Gasteiger partial charge < -0.3 is 4.74 Å². The molecule has 4 rings (SSSR count). The van der Waals surface area contributed by atoms with Crippen LogP contribution in [-0.4, -0.2) is 5.97 Å². The Morgan fingerprint density at radius 1 is 0.794 bits per heavy atom. The van der Waals surface area contributed by atoms with Crippen LogP contribution in [0.5, 0.6) is 5.75 Å². The Morgan fingerprint density at radius 2 is 1.44 bits per heavy atom. The fourth-order valence-electron chi connectivity index (χ4n) is 7.18. The summed E-state index contributed by atoms with van der Waals surface area (Å²) in [7, 11) is 0. The second-order valence-corrected chi connectivity index (χ2v) is 11.3. The maximum Gasteiger partial charge on any atom is 0.314 e. The van der Waals surface area contributed by atoms with Crippen molar-refractivity contribution in [1.29, 1.82) is 0 Å². The van der Waals surface area contributed by atoms with Gasteiger partial charge >= 0.3 is 5.97 Å². The fourth-order valence-corrected chi connectivity index (χ4v) is 7.18. The summed E-state index contributed by atoms with van der Waals surface area (Å²) in [6, 6.07) is 1.77. The summed E-state index contributed by atoms with van der Waals surface area (Å²) >= 11 is 0. The maximum atomic E-state index is 13.9. The molecule has 0 amide bonds. The van der Waals surface area contributed by atoms with Gasteiger partial charge in [0, 0.05) is 0 Å². The Bertz CT molecular complexity index is 818. The lowest BCUT2D eigenvalue weighted by atomic mass is 9.60. The quantitative estimate of drug-likeness (QED) is 0.162. The molecule has 0 aliphatic heterocycles. The van der Waals surface area contributed by atoms with Crippen LogP contribution < -0.4 is 4.74 Å². The minimum Gasteiger partial charge on any atom is -0.423 e. The number of ether oxygens (including phenoxy) is 1. The first-order valence-electron chi connectivity index (χ1n) is 13.8. The zero-order valence-corrected chi connectivity index (χ0v) is 20.7. The third-order valence-electron chi connectivity index (χ3n) is 9.21. The minimum absolute atomic E-state index is 0.289. The van der Waals surface area contributed by atoms with Crippen molar-refractivity contribution in [3.8, 4) is 5.75 Å². The average molecular weight is 479 g/mol. The number of carbonyl (C=O) groups is 1. The molecule has 0 spiro atoms. The van der Waals surface area contributed by atoms with Crippen LogP contribution in [0.1, 0.15) is 103 Å². The molecular weight excluding hydrogens is 437 g/mol.